The summed E-state index contributed by atoms with van der Waals surface area (Å²) >= 11 is 1.44. The zero-order chi connectivity index (χ0) is 19.3. The summed E-state index contributed by atoms with van der Waals surface area (Å²) in [6.07, 6.45) is 4.05. The fraction of sp³-hybridized carbons (Fsp3) is 0.286. The molecule has 144 valence electrons. The molecule has 0 fully saturated rings. The number of fused-ring (bicyclic) bond motifs is 1. The van der Waals surface area contributed by atoms with E-state index in [0.717, 1.165) is 30.1 Å². The molecular formula is C21H21N3O3S. The number of thiazole rings is 1. The molecule has 2 aromatic heterocycles. The molecule has 1 aliphatic heterocycles. The minimum Gasteiger partial charge on any atom is -0.462 e. The predicted octanol–water partition coefficient (Wildman–Crippen LogP) is 3.43. The second-order valence-electron chi connectivity index (χ2n) is 6.68. The van der Waals surface area contributed by atoms with Gasteiger partial charge in [0.2, 0.25) is 11.8 Å². The molecule has 3 aromatic rings. The quantitative estimate of drug-likeness (QED) is 0.694. The number of nitrogens with one attached hydrogen (secondary N) is 1. The highest BCUT2D eigenvalue weighted by molar-refractivity contribution is 7.13. The predicted molar refractivity (Wildman–Crippen MR) is 108 cm³/mol. The summed E-state index contributed by atoms with van der Waals surface area (Å²) in [6, 6.07) is 11.7. The van der Waals surface area contributed by atoms with Gasteiger partial charge in [0, 0.05) is 30.6 Å². The van der Waals surface area contributed by atoms with Crippen molar-refractivity contribution in [3.05, 3.63) is 59.3 Å². The van der Waals surface area contributed by atoms with E-state index < -0.39 is 0 Å². The van der Waals surface area contributed by atoms with Crippen molar-refractivity contribution in [1.29, 1.82) is 0 Å². The lowest BCUT2D eigenvalue weighted by Gasteiger charge is -2.29. The van der Waals surface area contributed by atoms with Gasteiger partial charge in [0.1, 0.15) is 0 Å². The van der Waals surface area contributed by atoms with Gasteiger partial charge in [-0.1, -0.05) is 18.2 Å². The standard InChI is InChI=1S/C21H21N3O3S/c25-19(13-16-14-28-21(23-16)18-8-4-12-27-18)22-10-9-20(26)24-11-3-6-15-5-1-2-7-17(15)24/h1-2,4-5,7-8,12,14H,3,6,9-11,13H2,(H,22,25). The minimum absolute atomic E-state index is 0.0428. The Kier molecular flexibility index (Phi) is 5.53. The highest BCUT2D eigenvalue weighted by Gasteiger charge is 2.21. The fourth-order valence-corrected chi connectivity index (χ4v) is 4.15. The van der Waals surface area contributed by atoms with Crippen LogP contribution in [0.25, 0.3) is 10.8 Å². The normalized spacial score (nSPS) is 13.2. The Morgan fingerprint density at radius 2 is 2.11 bits per heavy atom. The van der Waals surface area contributed by atoms with Crippen molar-refractivity contribution in [3.8, 4) is 10.8 Å². The summed E-state index contributed by atoms with van der Waals surface area (Å²) in [5.74, 6) is 0.605. The molecule has 0 radical (unpaired) electrons. The summed E-state index contributed by atoms with van der Waals surface area (Å²) in [5.41, 5.74) is 2.91. The topological polar surface area (TPSA) is 75.4 Å². The van der Waals surface area contributed by atoms with Gasteiger partial charge in [-0.2, -0.15) is 0 Å². The Morgan fingerprint density at radius 1 is 1.21 bits per heavy atom. The molecule has 7 heteroatoms. The number of benzene rings is 1. The van der Waals surface area contributed by atoms with Gasteiger partial charge in [-0.3, -0.25) is 9.59 Å². The van der Waals surface area contributed by atoms with Gasteiger partial charge in [-0.25, -0.2) is 4.98 Å². The number of aryl methyl sites for hydroxylation is 1. The molecule has 0 atom stereocenters. The molecule has 0 bridgehead atoms. The number of nitrogens with zero attached hydrogens (tertiary/aromatic N) is 2. The van der Waals surface area contributed by atoms with Crippen molar-refractivity contribution in [2.45, 2.75) is 25.7 Å². The number of rotatable bonds is 6. The third-order valence-corrected chi connectivity index (χ3v) is 5.60. The molecule has 6 nitrogen and oxygen atoms in total. The van der Waals surface area contributed by atoms with Gasteiger partial charge in [-0.05, 0) is 36.6 Å². The number of hydrogen-bond donors (Lipinski definition) is 1. The molecule has 0 saturated carbocycles. The number of hydrogen-bond acceptors (Lipinski definition) is 5. The largest absolute Gasteiger partial charge is 0.462 e. The molecule has 0 aliphatic carbocycles. The van der Waals surface area contributed by atoms with E-state index in [9.17, 15) is 9.59 Å². The number of carbonyl (C=O) groups excluding carboxylic acids is 2. The summed E-state index contributed by atoms with van der Waals surface area (Å²) in [5, 5.41) is 5.43. The fourth-order valence-electron chi connectivity index (χ4n) is 3.37. The van der Waals surface area contributed by atoms with Crippen LogP contribution in [0.1, 0.15) is 24.1 Å². The lowest BCUT2D eigenvalue weighted by atomic mass is 10.0. The number of carbonyl (C=O) groups is 2. The SMILES string of the molecule is O=C(Cc1csc(-c2ccco2)n1)NCCC(=O)N1CCCc2ccccc21. The van der Waals surface area contributed by atoms with Crippen LogP contribution in [-0.4, -0.2) is 29.9 Å². The number of anilines is 1. The summed E-state index contributed by atoms with van der Waals surface area (Å²) in [4.78, 5) is 31.0. The molecule has 3 heterocycles. The zero-order valence-electron chi connectivity index (χ0n) is 15.4. The minimum atomic E-state index is -0.136. The molecule has 28 heavy (non-hydrogen) atoms. The van der Waals surface area contributed by atoms with Crippen molar-refractivity contribution in [1.82, 2.24) is 10.3 Å². The van der Waals surface area contributed by atoms with Crippen molar-refractivity contribution in [2.75, 3.05) is 18.0 Å². The van der Waals surface area contributed by atoms with Crippen molar-refractivity contribution in [3.63, 3.8) is 0 Å². The van der Waals surface area contributed by atoms with E-state index in [1.807, 2.05) is 34.5 Å². The first-order chi connectivity index (χ1) is 13.7. The van der Waals surface area contributed by atoms with Gasteiger partial charge >= 0.3 is 0 Å². The van der Waals surface area contributed by atoms with Crippen LogP contribution >= 0.6 is 11.3 Å². The van der Waals surface area contributed by atoms with E-state index in [0.29, 0.717) is 18.0 Å². The van der Waals surface area contributed by atoms with Crippen molar-refractivity contribution in [2.24, 2.45) is 0 Å². The maximum Gasteiger partial charge on any atom is 0.228 e. The van der Waals surface area contributed by atoms with Crippen LogP contribution in [0.4, 0.5) is 5.69 Å². The summed E-state index contributed by atoms with van der Waals surface area (Å²) in [7, 11) is 0. The molecule has 1 aliphatic rings. The summed E-state index contributed by atoms with van der Waals surface area (Å²) in [6.45, 7) is 1.06. The lowest BCUT2D eigenvalue weighted by molar-refractivity contribution is -0.121. The van der Waals surface area contributed by atoms with Gasteiger partial charge in [0.25, 0.3) is 0 Å². The van der Waals surface area contributed by atoms with E-state index in [2.05, 4.69) is 16.4 Å². The molecule has 2 amide bonds. The van der Waals surface area contributed by atoms with E-state index in [1.54, 1.807) is 12.3 Å². The second-order valence-corrected chi connectivity index (χ2v) is 7.53. The number of aromatic nitrogens is 1. The van der Waals surface area contributed by atoms with E-state index in [-0.39, 0.29) is 24.7 Å². The van der Waals surface area contributed by atoms with Crippen LogP contribution in [0, 0.1) is 0 Å². The first-order valence-corrected chi connectivity index (χ1v) is 10.2. The number of amides is 2. The first-order valence-electron chi connectivity index (χ1n) is 9.34. The average molecular weight is 395 g/mol. The van der Waals surface area contributed by atoms with Gasteiger partial charge in [-0.15, -0.1) is 11.3 Å². The Hall–Kier alpha value is -2.93. The molecule has 1 aromatic carbocycles. The Labute approximate surface area is 167 Å². The Bertz CT molecular complexity index is 965. The van der Waals surface area contributed by atoms with Crippen molar-refractivity contribution >= 4 is 28.8 Å². The molecule has 4 rings (SSSR count). The molecular weight excluding hydrogens is 374 g/mol. The molecule has 0 saturated heterocycles. The third-order valence-electron chi connectivity index (χ3n) is 4.70. The third kappa shape index (κ3) is 4.14. The van der Waals surface area contributed by atoms with E-state index in [1.165, 1.54) is 16.9 Å². The maximum absolute atomic E-state index is 12.6. The lowest BCUT2D eigenvalue weighted by Crippen LogP contribution is -2.38. The van der Waals surface area contributed by atoms with Crippen LogP contribution in [0.2, 0.25) is 0 Å². The molecule has 0 spiro atoms. The van der Waals surface area contributed by atoms with E-state index >= 15 is 0 Å². The molecule has 1 N–H and O–H groups in total. The zero-order valence-corrected chi connectivity index (χ0v) is 16.2. The highest BCUT2D eigenvalue weighted by atomic mass is 32.1. The monoisotopic (exact) mass is 395 g/mol. The van der Waals surface area contributed by atoms with Gasteiger partial charge < -0.3 is 14.6 Å². The smallest absolute Gasteiger partial charge is 0.228 e. The van der Waals surface area contributed by atoms with Crippen LogP contribution in [0.15, 0.2) is 52.5 Å². The number of furan rings is 1. The first kappa shape index (κ1) is 18.4. The van der Waals surface area contributed by atoms with Gasteiger partial charge in [0.05, 0.1) is 18.4 Å². The average Bonchev–Trinajstić information content (AvgIpc) is 3.39. The Morgan fingerprint density at radius 3 is 2.96 bits per heavy atom. The van der Waals surface area contributed by atoms with Crippen LogP contribution in [0.5, 0.6) is 0 Å². The van der Waals surface area contributed by atoms with E-state index in [4.69, 9.17) is 4.42 Å². The van der Waals surface area contributed by atoms with Crippen molar-refractivity contribution < 1.29 is 14.0 Å². The second kappa shape index (κ2) is 8.39. The molecule has 0 unspecified atom stereocenters. The number of para-hydroxylation sites is 1. The van der Waals surface area contributed by atoms with Gasteiger partial charge in [0.15, 0.2) is 10.8 Å². The maximum atomic E-state index is 12.6. The summed E-state index contributed by atoms with van der Waals surface area (Å²) < 4.78 is 5.32. The highest BCUT2D eigenvalue weighted by Crippen LogP contribution is 2.27. The van der Waals surface area contributed by atoms with Crippen LogP contribution in [-0.2, 0) is 22.4 Å². The Balaban J connectivity index is 1.26. The van der Waals surface area contributed by atoms with Crippen LogP contribution in [0.3, 0.4) is 0 Å². The van der Waals surface area contributed by atoms with Crippen LogP contribution < -0.4 is 10.2 Å².